The van der Waals surface area contributed by atoms with Crippen LogP contribution in [-0.2, 0) is 35.4 Å². The number of fused-ring (bicyclic) bond motifs is 2. The van der Waals surface area contributed by atoms with Crippen LogP contribution in [0.15, 0.2) is 42.5 Å². The lowest BCUT2D eigenvalue weighted by Gasteiger charge is -2.29. The maximum absolute atomic E-state index is 12.6. The van der Waals surface area contributed by atoms with Crippen molar-refractivity contribution < 1.29 is 9.59 Å². The van der Waals surface area contributed by atoms with Crippen molar-refractivity contribution in [3.63, 3.8) is 0 Å². The molecule has 0 saturated carbocycles. The molecule has 0 bridgehead atoms. The van der Waals surface area contributed by atoms with Crippen LogP contribution in [0.3, 0.4) is 0 Å². The lowest BCUT2D eigenvalue weighted by atomic mass is 9.99. The van der Waals surface area contributed by atoms with Gasteiger partial charge in [0, 0.05) is 18.8 Å². The van der Waals surface area contributed by atoms with E-state index in [1.807, 2.05) is 29.2 Å². The number of hydrogen-bond acceptors (Lipinski definition) is 2. The van der Waals surface area contributed by atoms with E-state index in [4.69, 9.17) is 0 Å². The lowest BCUT2D eigenvalue weighted by molar-refractivity contribution is -0.131. The molecule has 1 N–H and O–H groups in total. The molecule has 4 heteroatoms. The molecule has 23 heavy (non-hydrogen) atoms. The van der Waals surface area contributed by atoms with Gasteiger partial charge in [0.1, 0.15) is 0 Å². The van der Waals surface area contributed by atoms with Crippen molar-refractivity contribution in [2.75, 3.05) is 11.9 Å². The van der Waals surface area contributed by atoms with Gasteiger partial charge in [0.05, 0.1) is 12.8 Å². The predicted molar refractivity (Wildman–Crippen MR) is 88.0 cm³/mol. The smallest absolute Gasteiger partial charge is 0.228 e. The maximum Gasteiger partial charge on any atom is 0.228 e. The summed E-state index contributed by atoms with van der Waals surface area (Å²) in [5.41, 5.74) is 5.43. The van der Waals surface area contributed by atoms with E-state index < -0.39 is 0 Å². The Bertz CT molecular complexity index is 798. The minimum Gasteiger partial charge on any atom is -0.338 e. The minimum atomic E-state index is 0.0242. The van der Waals surface area contributed by atoms with Crippen molar-refractivity contribution in [3.05, 3.63) is 64.7 Å². The Morgan fingerprint density at radius 2 is 1.91 bits per heavy atom. The third-order valence-electron chi connectivity index (χ3n) is 4.63. The van der Waals surface area contributed by atoms with Gasteiger partial charge in [0.2, 0.25) is 11.8 Å². The fourth-order valence-corrected chi connectivity index (χ4v) is 3.39. The zero-order valence-electron chi connectivity index (χ0n) is 12.8. The first-order valence-electron chi connectivity index (χ1n) is 7.95. The Kier molecular flexibility index (Phi) is 3.37. The molecule has 0 aromatic heterocycles. The fraction of sp³-hybridized carbons (Fsp3) is 0.263. The molecule has 0 fully saturated rings. The minimum absolute atomic E-state index is 0.0242. The predicted octanol–water partition coefficient (Wildman–Crippen LogP) is 2.31. The Morgan fingerprint density at radius 3 is 2.78 bits per heavy atom. The van der Waals surface area contributed by atoms with Crippen molar-refractivity contribution in [2.45, 2.75) is 25.8 Å². The van der Waals surface area contributed by atoms with Gasteiger partial charge in [-0.3, -0.25) is 9.59 Å². The molecule has 0 aliphatic carbocycles. The van der Waals surface area contributed by atoms with E-state index in [0.717, 1.165) is 29.8 Å². The summed E-state index contributed by atoms with van der Waals surface area (Å²) in [6, 6.07) is 14.1. The Balaban J connectivity index is 1.47. The molecule has 0 saturated heterocycles. The number of carbonyl (C=O) groups is 2. The summed E-state index contributed by atoms with van der Waals surface area (Å²) in [7, 11) is 0. The topological polar surface area (TPSA) is 49.4 Å². The number of amides is 2. The van der Waals surface area contributed by atoms with Crippen LogP contribution >= 0.6 is 0 Å². The third-order valence-corrected chi connectivity index (χ3v) is 4.63. The van der Waals surface area contributed by atoms with Crippen LogP contribution in [-0.4, -0.2) is 23.3 Å². The van der Waals surface area contributed by atoms with Crippen LogP contribution in [0.4, 0.5) is 5.69 Å². The van der Waals surface area contributed by atoms with Gasteiger partial charge in [-0.15, -0.1) is 0 Å². The molecule has 0 unspecified atom stereocenters. The molecule has 0 atom stereocenters. The summed E-state index contributed by atoms with van der Waals surface area (Å²) in [4.78, 5) is 25.9. The van der Waals surface area contributed by atoms with Gasteiger partial charge in [-0.2, -0.15) is 0 Å². The quantitative estimate of drug-likeness (QED) is 0.925. The van der Waals surface area contributed by atoms with E-state index in [2.05, 4.69) is 23.5 Å². The van der Waals surface area contributed by atoms with Crippen LogP contribution in [0.25, 0.3) is 0 Å². The Hall–Kier alpha value is -2.62. The van der Waals surface area contributed by atoms with Crippen LogP contribution in [0.5, 0.6) is 0 Å². The molecule has 0 radical (unpaired) electrons. The Labute approximate surface area is 135 Å². The van der Waals surface area contributed by atoms with Gasteiger partial charge >= 0.3 is 0 Å². The van der Waals surface area contributed by atoms with Gasteiger partial charge in [0.15, 0.2) is 0 Å². The van der Waals surface area contributed by atoms with E-state index in [-0.39, 0.29) is 11.8 Å². The van der Waals surface area contributed by atoms with Crippen molar-refractivity contribution in [1.82, 2.24) is 4.90 Å². The molecular weight excluding hydrogens is 288 g/mol. The summed E-state index contributed by atoms with van der Waals surface area (Å²) < 4.78 is 0. The molecule has 2 aliphatic rings. The number of anilines is 1. The number of nitrogens with zero attached hydrogens (tertiary/aromatic N) is 1. The van der Waals surface area contributed by atoms with Gasteiger partial charge in [-0.05, 0) is 34.7 Å². The summed E-state index contributed by atoms with van der Waals surface area (Å²) in [5, 5.41) is 2.82. The fourth-order valence-electron chi connectivity index (χ4n) is 3.39. The normalized spacial score (nSPS) is 15.8. The van der Waals surface area contributed by atoms with Gasteiger partial charge in [-0.25, -0.2) is 0 Å². The highest BCUT2D eigenvalue weighted by molar-refractivity contribution is 5.99. The summed E-state index contributed by atoms with van der Waals surface area (Å²) in [6.45, 7) is 1.47. The second-order valence-electron chi connectivity index (χ2n) is 6.23. The molecule has 116 valence electrons. The maximum atomic E-state index is 12.6. The lowest BCUT2D eigenvalue weighted by Crippen LogP contribution is -2.36. The number of nitrogens with one attached hydrogen (secondary N) is 1. The largest absolute Gasteiger partial charge is 0.338 e. The van der Waals surface area contributed by atoms with E-state index in [1.165, 1.54) is 11.1 Å². The number of carbonyl (C=O) groups excluding carboxylic acids is 2. The van der Waals surface area contributed by atoms with E-state index in [0.29, 0.717) is 19.4 Å². The molecule has 2 amide bonds. The van der Waals surface area contributed by atoms with Crippen LogP contribution in [0, 0.1) is 0 Å². The van der Waals surface area contributed by atoms with E-state index >= 15 is 0 Å². The zero-order chi connectivity index (χ0) is 15.8. The molecule has 2 aromatic rings. The van der Waals surface area contributed by atoms with Crippen LogP contribution < -0.4 is 5.32 Å². The summed E-state index contributed by atoms with van der Waals surface area (Å²) in [5.74, 6) is 0.174. The van der Waals surface area contributed by atoms with E-state index in [9.17, 15) is 9.59 Å². The number of rotatable bonds is 2. The highest BCUT2D eigenvalue weighted by Gasteiger charge is 2.22. The van der Waals surface area contributed by atoms with Crippen molar-refractivity contribution >= 4 is 17.5 Å². The molecule has 4 rings (SSSR count). The third kappa shape index (κ3) is 2.72. The first-order valence-corrected chi connectivity index (χ1v) is 7.95. The highest BCUT2D eigenvalue weighted by Crippen LogP contribution is 2.25. The summed E-state index contributed by atoms with van der Waals surface area (Å²) >= 11 is 0. The number of benzene rings is 2. The average molecular weight is 306 g/mol. The molecule has 4 nitrogen and oxygen atoms in total. The standard InChI is InChI=1S/C19H18N2O2/c22-18-11-16-9-13(5-6-17(16)20-18)10-19(23)21-8-7-14-3-1-2-4-15(14)12-21/h1-6,9H,7-8,10-12H2,(H,20,22). The SMILES string of the molecule is O=C1Cc2cc(CC(=O)N3CCc4ccccc4C3)ccc2N1. The average Bonchev–Trinajstić information content (AvgIpc) is 2.93. The Morgan fingerprint density at radius 1 is 1.09 bits per heavy atom. The molecule has 2 aromatic carbocycles. The zero-order valence-corrected chi connectivity index (χ0v) is 12.8. The van der Waals surface area contributed by atoms with Crippen molar-refractivity contribution in [2.24, 2.45) is 0 Å². The number of hydrogen-bond donors (Lipinski definition) is 1. The van der Waals surface area contributed by atoms with E-state index in [1.54, 1.807) is 0 Å². The van der Waals surface area contributed by atoms with Gasteiger partial charge in [-0.1, -0.05) is 36.4 Å². The first kappa shape index (κ1) is 14.0. The monoisotopic (exact) mass is 306 g/mol. The molecule has 2 aliphatic heterocycles. The second kappa shape index (κ2) is 5.54. The van der Waals surface area contributed by atoms with Crippen LogP contribution in [0.1, 0.15) is 22.3 Å². The van der Waals surface area contributed by atoms with Gasteiger partial charge in [0.25, 0.3) is 0 Å². The summed E-state index contributed by atoms with van der Waals surface area (Å²) in [6.07, 6.45) is 1.72. The van der Waals surface area contributed by atoms with Gasteiger partial charge < -0.3 is 10.2 Å². The first-order chi connectivity index (χ1) is 11.2. The molecule has 0 spiro atoms. The highest BCUT2D eigenvalue weighted by atomic mass is 16.2. The molecule has 2 heterocycles. The van der Waals surface area contributed by atoms with Crippen molar-refractivity contribution in [3.8, 4) is 0 Å². The second-order valence-corrected chi connectivity index (χ2v) is 6.23. The van der Waals surface area contributed by atoms with Crippen molar-refractivity contribution in [1.29, 1.82) is 0 Å². The van der Waals surface area contributed by atoms with Crippen LogP contribution in [0.2, 0.25) is 0 Å². The molecular formula is C19H18N2O2.